The Morgan fingerprint density at radius 1 is 1.00 bits per heavy atom. The molecule has 0 spiro atoms. The molecule has 3 heterocycles. The average Bonchev–Trinajstić information content (AvgIpc) is 2.73. The number of rotatable bonds is 5. The van der Waals surface area contributed by atoms with Crippen LogP contribution in [0.1, 0.15) is 11.3 Å². The van der Waals surface area contributed by atoms with Crippen molar-refractivity contribution in [1.82, 2.24) is 15.0 Å². The minimum Gasteiger partial charge on any atom is -0.497 e. The van der Waals surface area contributed by atoms with Gasteiger partial charge in [-0.15, -0.1) is 0 Å². The summed E-state index contributed by atoms with van der Waals surface area (Å²) in [5.41, 5.74) is 11.2. The van der Waals surface area contributed by atoms with Crippen LogP contribution in [-0.4, -0.2) is 22.1 Å². The molecule has 0 aliphatic heterocycles. The summed E-state index contributed by atoms with van der Waals surface area (Å²) >= 11 is 0. The molecule has 6 heteroatoms. The Hall–Kier alpha value is -3.67. The van der Waals surface area contributed by atoms with Gasteiger partial charge in [-0.05, 0) is 42.8 Å². The van der Waals surface area contributed by atoms with Crippen molar-refractivity contribution in [3.63, 3.8) is 0 Å². The highest BCUT2D eigenvalue weighted by molar-refractivity contribution is 5.83. The third-order valence-electron chi connectivity index (χ3n) is 4.59. The number of ether oxygens (including phenoxy) is 1. The van der Waals surface area contributed by atoms with Gasteiger partial charge in [-0.2, -0.15) is 0 Å². The molecule has 0 saturated carbocycles. The van der Waals surface area contributed by atoms with Crippen LogP contribution in [0, 0.1) is 6.92 Å². The predicted octanol–water partition coefficient (Wildman–Crippen LogP) is 4.20. The van der Waals surface area contributed by atoms with E-state index in [2.05, 4.69) is 15.3 Å². The fourth-order valence-electron chi connectivity index (χ4n) is 3.01. The lowest BCUT2D eigenvalue weighted by atomic mass is 10.1. The highest BCUT2D eigenvalue weighted by atomic mass is 16.5. The molecule has 0 aliphatic rings. The largest absolute Gasteiger partial charge is 0.497 e. The fourth-order valence-corrected chi connectivity index (χ4v) is 3.01. The Morgan fingerprint density at radius 2 is 1.82 bits per heavy atom. The van der Waals surface area contributed by atoms with Gasteiger partial charge in [0.25, 0.3) is 0 Å². The molecule has 0 saturated heterocycles. The Kier molecular flexibility index (Phi) is 4.76. The van der Waals surface area contributed by atoms with E-state index < -0.39 is 0 Å². The molecule has 140 valence electrons. The van der Waals surface area contributed by atoms with Crippen LogP contribution in [0.4, 0.5) is 11.5 Å². The van der Waals surface area contributed by atoms with Crippen molar-refractivity contribution in [2.45, 2.75) is 13.5 Å². The van der Waals surface area contributed by atoms with Crippen molar-refractivity contribution < 1.29 is 4.74 Å². The van der Waals surface area contributed by atoms with Crippen molar-refractivity contribution in [2.24, 2.45) is 0 Å². The van der Waals surface area contributed by atoms with Gasteiger partial charge in [-0.25, -0.2) is 9.97 Å². The number of hydrogen-bond donors (Lipinski definition) is 2. The van der Waals surface area contributed by atoms with Crippen molar-refractivity contribution in [1.29, 1.82) is 0 Å². The molecule has 0 fully saturated rings. The second kappa shape index (κ2) is 7.52. The number of pyridine rings is 3. The molecule has 3 aromatic heterocycles. The number of aromatic nitrogens is 3. The first-order chi connectivity index (χ1) is 13.6. The van der Waals surface area contributed by atoms with E-state index in [0.29, 0.717) is 12.2 Å². The molecule has 4 rings (SSSR count). The number of benzene rings is 1. The van der Waals surface area contributed by atoms with Crippen molar-refractivity contribution in [2.75, 3.05) is 18.2 Å². The van der Waals surface area contributed by atoms with E-state index in [-0.39, 0.29) is 0 Å². The maximum absolute atomic E-state index is 5.90. The van der Waals surface area contributed by atoms with Crippen LogP contribution in [0.25, 0.3) is 22.2 Å². The first kappa shape index (κ1) is 17.7. The number of nitrogens with one attached hydrogen (secondary N) is 1. The lowest BCUT2D eigenvalue weighted by Gasteiger charge is -2.09. The minimum atomic E-state index is 0.624. The fraction of sp³-hybridized carbons (Fsp3) is 0.136. The minimum absolute atomic E-state index is 0.624. The Labute approximate surface area is 163 Å². The monoisotopic (exact) mass is 371 g/mol. The van der Waals surface area contributed by atoms with E-state index in [1.807, 2.05) is 61.7 Å². The van der Waals surface area contributed by atoms with Crippen LogP contribution >= 0.6 is 0 Å². The van der Waals surface area contributed by atoms with Gasteiger partial charge in [0.2, 0.25) is 0 Å². The maximum Gasteiger partial charge on any atom is 0.128 e. The standard InChI is InChI=1S/C22H21N5O/c1-14-19(9-17(23)13-24-14)20-8-5-16-12-26-22(10-21(16)27-20)25-11-15-3-6-18(28-2)7-4-15/h3-10,12-13H,11,23H2,1-2H3,(H,25,26). The predicted molar refractivity (Wildman–Crippen MR) is 112 cm³/mol. The van der Waals surface area contributed by atoms with E-state index in [1.54, 1.807) is 13.3 Å². The number of nitrogens with two attached hydrogens (primary N) is 1. The third kappa shape index (κ3) is 3.71. The van der Waals surface area contributed by atoms with Gasteiger partial charge in [0.1, 0.15) is 11.6 Å². The molecule has 4 aromatic rings. The van der Waals surface area contributed by atoms with E-state index in [4.69, 9.17) is 15.5 Å². The topological polar surface area (TPSA) is 86.0 Å². The summed E-state index contributed by atoms with van der Waals surface area (Å²) in [6, 6.07) is 15.8. The summed E-state index contributed by atoms with van der Waals surface area (Å²) in [5, 5.41) is 4.33. The number of nitrogens with zero attached hydrogens (tertiary/aromatic N) is 3. The summed E-state index contributed by atoms with van der Waals surface area (Å²) in [6.07, 6.45) is 3.48. The SMILES string of the molecule is COc1ccc(CNc2cc3nc(-c4cc(N)cnc4C)ccc3cn2)cc1. The smallest absolute Gasteiger partial charge is 0.128 e. The zero-order valence-electron chi connectivity index (χ0n) is 15.8. The molecular formula is C22H21N5O. The van der Waals surface area contributed by atoms with Crippen molar-refractivity contribution in [3.05, 3.63) is 72.2 Å². The number of anilines is 2. The maximum atomic E-state index is 5.90. The Morgan fingerprint density at radius 3 is 2.61 bits per heavy atom. The van der Waals surface area contributed by atoms with Gasteiger partial charge in [0, 0.05) is 35.5 Å². The molecule has 0 atom stereocenters. The van der Waals surface area contributed by atoms with Gasteiger partial charge in [-0.3, -0.25) is 4.98 Å². The summed E-state index contributed by atoms with van der Waals surface area (Å²) < 4.78 is 5.19. The highest BCUT2D eigenvalue weighted by Gasteiger charge is 2.08. The van der Waals surface area contributed by atoms with E-state index in [0.717, 1.165) is 45.0 Å². The number of aryl methyl sites for hydroxylation is 1. The van der Waals surface area contributed by atoms with Crippen LogP contribution in [0.5, 0.6) is 5.75 Å². The van der Waals surface area contributed by atoms with E-state index in [1.165, 1.54) is 0 Å². The van der Waals surface area contributed by atoms with Gasteiger partial charge in [0.05, 0.1) is 30.2 Å². The molecule has 3 N–H and O–H groups in total. The van der Waals surface area contributed by atoms with Crippen LogP contribution < -0.4 is 15.8 Å². The van der Waals surface area contributed by atoms with E-state index >= 15 is 0 Å². The summed E-state index contributed by atoms with van der Waals surface area (Å²) in [6.45, 7) is 2.62. The highest BCUT2D eigenvalue weighted by Crippen LogP contribution is 2.25. The van der Waals surface area contributed by atoms with Crippen molar-refractivity contribution >= 4 is 22.4 Å². The molecule has 0 amide bonds. The second-order valence-electron chi connectivity index (χ2n) is 6.56. The number of methoxy groups -OCH3 is 1. The quantitative estimate of drug-likeness (QED) is 0.547. The molecule has 6 nitrogen and oxygen atoms in total. The van der Waals surface area contributed by atoms with Gasteiger partial charge in [-0.1, -0.05) is 12.1 Å². The molecule has 0 unspecified atom stereocenters. The molecular weight excluding hydrogens is 350 g/mol. The second-order valence-corrected chi connectivity index (χ2v) is 6.56. The van der Waals surface area contributed by atoms with Gasteiger partial charge < -0.3 is 15.8 Å². The summed E-state index contributed by atoms with van der Waals surface area (Å²) in [5.74, 6) is 1.62. The van der Waals surface area contributed by atoms with Crippen LogP contribution in [0.15, 0.2) is 60.9 Å². The zero-order chi connectivity index (χ0) is 19.5. The first-order valence-electron chi connectivity index (χ1n) is 8.98. The molecule has 1 aromatic carbocycles. The average molecular weight is 371 g/mol. The number of hydrogen-bond acceptors (Lipinski definition) is 6. The van der Waals surface area contributed by atoms with Crippen LogP contribution in [0.3, 0.4) is 0 Å². The van der Waals surface area contributed by atoms with E-state index in [9.17, 15) is 0 Å². The molecule has 0 aliphatic carbocycles. The Bertz CT molecular complexity index is 1130. The third-order valence-corrected chi connectivity index (χ3v) is 4.59. The molecule has 28 heavy (non-hydrogen) atoms. The molecule has 0 bridgehead atoms. The number of fused-ring (bicyclic) bond motifs is 1. The van der Waals surface area contributed by atoms with Crippen LogP contribution in [-0.2, 0) is 6.54 Å². The van der Waals surface area contributed by atoms with Crippen molar-refractivity contribution in [3.8, 4) is 17.0 Å². The first-order valence-corrected chi connectivity index (χ1v) is 8.98. The zero-order valence-corrected chi connectivity index (χ0v) is 15.8. The summed E-state index contributed by atoms with van der Waals surface area (Å²) in [7, 11) is 1.66. The summed E-state index contributed by atoms with van der Waals surface area (Å²) in [4.78, 5) is 13.6. The lowest BCUT2D eigenvalue weighted by Crippen LogP contribution is -2.01. The van der Waals surface area contributed by atoms with Gasteiger partial charge in [0.15, 0.2) is 0 Å². The lowest BCUT2D eigenvalue weighted by molar-refractivity contribution is 0.414. The number of nitrogen functional groups attached to an aromatic ring is 1. The molecule has 0 radical (unpaired) electrons. The Balaban J connectivity index is 1.59. The van der Waals surface area contributed by atoms with Gasteiger partial charge >= 0.3 is 0 Å². The van der Waals surface area contributed by atoms with Crippen LogP contribution in [0.2, 0.25) is 0 Å². The normalized spacial score (nSPS) is 10.8.